The molecule has 0 spiro atoms. The molecule has 226 valence electrons. The van der Waals surface area contributed by atoms with E-state index in [0.717, 1.165) is 81.1 Å². The Morgan fingerprint density at radius 1 is 0.814 bits per heavy atom. The summed E-state index contributed by atoms with van der Waals surface area (Å²) < 4.78 is 6.03. The highest BCUT2D eigenvalue weighted by Gasteiger charge is 2.27. The maximum Gasteiger partial charge on any atom is 0.226 e. The fourth-order valence-corrected chi connectivity index (χ4v) is 6.13. The Bertz CT molecular complexity index is 1350. The van der Waals surface area contributed by atoms with Crippen molar-refractivity contribution in [3.63, 3.8) is 0 Å². The van der Waals surface area contributed by atoms with Gasteiger partial charge in [-0.05, 0) is 93.3 Å². The molecule has 1 aromatic heterocycles. The fourth-order valence-electron chi connectivity index (χ4n) is 6.13. The monoisotopic (exact) mass is 579 g/mol. The molecule has 2 heterocycles. The number of aliphatic hydroxyl groups excluding tert-OH is 1. The largest absolute Gasteiger partial charge is 0.490 e. The van der Waals surface area contributed by atoms with Gasteiger partial charge in [-0.15, -0.1) is 0 Å². The lowest BCUT2D eigenvalue weighted by atomic mass is 9.92. The number of aromatic nitrogens is 1. The van der Waals surface area contributed by atoms with Crippen LogP contribution in [0.25, 0.3) is 10.9 Å². The van der Waals surface area contributed by atoms with Crippen LogP contribution in [0.4, 0.5) is 0 Å². The molecule has 6 heteroatoms. The maximum atomic E-state index is 14.0. The number of aryl methyl sites for hydroxylation is 2. The number of carbonyl (C=O) groups is 1. The highest BCUT2D eigenvalue weighted by atomic mass is 16.5. The van der Waals surface area contributed by atoms with Gasteiger partial charge in [0.05, 0.1) is 12.2 Å². The number of benzene rings is 3. The van der Waals surface area contributed by atoms with Crippen LogP contribution in [0.2, 0.25) is 0 Å². The molecule has 6 nitrogen and oxygen atoms in total. The molecule has 0 saturated carbocycles. The Kier molecular flexibility index (Phi) is 11.6. The van der Waals surface area contributed by atoms with Crippen molar-refractivity contribution in [3.05, 3.63) is 108 Å². The lowest BCUT2D eigenvalue weighted by Crippen LogP contribution is -2.45. The summed E-state index contributed by atoms with van der Waals surface area (Å²) in [5, 5.41) is 11.9. The molecule has 5 rings (SSSR count). The van der Waals surface area contributed by atoms with Crippen molar-refractivity contribution in [3.8, 4) is 5.75 Å². The number of pyridine rings is 1. The van der Waals surface area contributed by atoms with Crippen molar-refractivity contribution < 1.29 is 14.6 Å². The van der Waals surface area contributed by atoms with E-state index in [-0.39, 0.29) is 18.4 Å². The second kappa shape index (κ2) is 16.2. The third-order valence-electron chi connectivity index (χ3n) is 8.41. The Labute approximate surface area is 256 Å². The van der Waals surface area contributed by atoms with E-state index in [9.17, 15) is 9.90 Å². The average Bonchev–Trinajstić information content (AvgIpc) is 3.29. The van der Waals surface area contributed by atoms with Gasteiger partial charge in [-0.25, -0.2) is 0 Å². The molecule has 4 aromatic rings. The highest BCUT2D eigenvalue weighted by molar-refractivity contribution is 5.84. The number of amides is 1. The van der Waals surface area contributed by atoms with Gasteiger partial charge >= 0.3 is 0 Å². The standard InChI is InChI=1S/C37H45N3O3/c41-33(28-43-36-23-11-22-35-34(36)21-12-24-38-35)27-39-25-7-8-26-40(29-39)37(42)32(19-9-17-30-13-3-1-4-14-30)20-10-18-31-15-5-2-6-16-31/h1-6,11-16,21-24,32-33,41H,7-10,17-20,25-29H2/t33-/m1/s1. The molecule has 1 aliphatic rings. The zero-order chi connectivity index (χ0) is 29.7. The summed E-state index contributed by atoms with van der Waals surface area (Å²) in [6.07, 6.45) is 8.90. The molecule has 0 radical (unpaired) electrons. The second-order valence-corrected chi connectivity index (χ2v) is 11.8. The fraction of sp³-hybridized carbons (Fsp3) is 0.405. The normalized spacial score (nSPS) is 15.0. The summed E-state index contributed by atoms with van der Waals surface area (Å²) in [6, 6.07) is 30.8. The number of carbonyl (C=O) groups excluding carboxylic acids is 1. The third kappa shape index (κ3) is 9.37. The number of hydrogen-bond donors (Lipinski definition) is 1. The first-order chi connectivity index (χ1) is 21.2. The van der Waals surface area contributed by atoms with Gasteiger partial charge in [0, 0.05) is 30.6 Å². The van der Waals surface area contributed by atoms with Gasteiger partial charge in [0.1, 0.15) is 18.5 Å². The summed E-state index contributed by atoms with van der Waals surface area (Å²) >= 11 is 0. The van der Waals surface area contributed by atoms with Crippen LogP contribution in [0.5, 0.6) is 5.75 Å². The Hall–Kier alpha value is -3.74. The summed E-state index contributed by atoms with van der Waals surface area (Å²) in [5.41, 5.74) is 3.53. The molecule has 1 aliphatic heterocycles. The van der Waals surface area contributed by atoms with E-state index in [1.54, 1.807) is 6.20 Å². The summed E-state index contributed by atoms with van der Waals surface area (Å²) in [5.74, 6) is 1.01. The lowest BCUT2D eigenvalue weighted by Gasteiger charge is -2.31. The van der Waals surface area contributed by atoms with Gasteiger partial charge in [0.25, 0.3) is 0 Å². The molecule has 1 saturated heterocycles. The van der Waals surface area contributed by atoms with E-state index >= 15 is 0 Å². The smallest absolute Gasteiger partial charge is 0.226 e. The van der Waals surface area contributed by atoms with E-state index in [0.29, 0.717) is 13.2 Å². The maximum absolute atomic E-state index is 14.0. The zero-order valence-electron chi connectivity index (χ0n) is 25.2. The van der Waals surface area contributed by atoms with Gasteiger partial charge in [0.15, 0.2) is 0 Å². The molecule has 43 heavy (non-hydrogen) atoms. The van der Waals surface area contributed by atoms with Crippen LogP contribution in [0, 0.1) is 5.92 Å². The van der Waals surface area contributed by atoms with Crippen molar-refractivity contribution in [1.82, 2.24) is 14.8 Å². The van der Waals surface area contributed by atoms with Crippen LogP contribution in [-0.2, 0) is 17.6 Å². The van der Waals surface area contributed by atoms with Gasteiger partial charge in [-0.3, -0.25) is 14.7 Å². The first kappa shape index (κ1) is 30.7. The molecule has 1 fully saturated rings. The third-order valence-corrected chi connectivity index (χ3v) is 8.41. The van der Waals surface area contributed by atoms with Crippen LogP contribution < -0.4 is 4.74 Å². The van der Waals surface area contributed by atoms with Crippen molar-refractivity contribution in [1.29, 1.82) is 0 Å². The Morgan fingerprint density at radius 2 is 1.49 bits per heavy atom. The van der Waals surface area contributed by atoms with Crippen LogP contribution >= 0.6 is 0 Å². The number of rotatable bonds is 14. The van der Waals surface area contributed by atoms with Gasteiger partial charge in [-0.2, -0.15) is 0 Å². The summed E-state index contributed by atoms with van der Waals surface area (Å²) in [6.45, 7) is 2.87. The van der Waals surface area contributed by atoms with Crippen molar-refractivity contribution in [2.75, 3.05) is 32.9 Å². The lowest BCUT2D eigenvalue weighted by molar-refractivity contribution is -0.138. The first-order valence-electron chi connectivity index (χ1n) is 15.9. The van der Waals surface area contributed by atoms with Gasteiger partial charge in [-0.1, -0.05) is 66.7 Å². The molecular formula is C37H45N3O3. The van der Waals surface area contributed by atoms with Crippen LogP contribution in [0.3, 0.4) is 0 Å². The van der Waals surface area contributed by atoms with Crippen LogP contribution in [-0.4, -0.2) is 64.8 Å². The number of ether oxygens (including phenoxy) is 1. The quantitative estimate of drug-likeness (QED) is 0.184. The second-order valence-electron chi connectivity index (χ2n) is 11.8. The summed E-state index contributed by atoms with van der Waals surface area (Å²) in [4.78, 5) is 22.7. The van der Waals surface area contributed by atoms with E-state index in [4.69, 9.17) is 4.74 Å². The van der Waals surface area contributed by atoms with E-state index in [1.807, 2.05) is 35.2 Å². The van der Waals surface area contributed by atoms with E-state index < -0.39 is 6.10 Å². The molecule has 1 amide bonds. The SMILES string of the molecule is O=C(C(CCCc1ccccc1)CCCc1ccccc1)N1CCCCN(C[C@@H](O)COc2cccc3ncccc23)C1. The molecule has 0 unspecified atom stereocenters. The van der Waals surface area contributed by atoms with Gasteiger partial charge in [0.2, 0.25) is 5.91 Å². The molecule has 1 atom stereocenters. The Balaban J connectivity index is 1.17. The van der Waals surface area contributed by atoms with Crippen molar-refractivity contribution >= 4 is 16.8 Å². The topological polar surface area (TPSA) is 65.9 Å². The minimum atomic E-state index is -0.658. The van der Waals surface area contributed by atoms with E-state index in [2.05, 4.69) is 70.5 Å². The molecule has 0 aliphatic carbocycles. The molecular weight excluding hydrogens is 534 g/mol. The first-order valence-corrected chi connectivity index (χ1v) is 15.9. The van der Waals surface area contributed by atoms with Crippen LogP contribution in [0.1, 0.15) is 49.7 Å². The zero-order valence-corrected chi connectivity index (χ0v) is 25.2. The molecule has 0 bridgehead atoms. The van der Waals surface area contributed by atoms with Crippen molar-refractivity contribution in [2.45, 2.75) is 57.5 Å². The number of aliphatic hydroxyl groups is 1. The number of nitrogens with zero attached hydrogens (tertiary/aromatic N) is 3. The minimum Gasteiger partial charge on any atom is -0.490 e. The predicted molar refractivity (Wildman–Crippen MR) is 173 cm³/mol. The summed E-state index contributed by atoms with van der Waals surface area (Å²) in [7, 11) is 0. The van der Waals surface area contributed by atoms with Crippen LogP contribution in [0.15, 0.2) is 97.2 Å². The van der Waals surface area contributed by atoms with Gasteiger partial charge < -0.3 is 14.7 Å². The number of fused-ring (bicyclic) bond motifs is 1. The van der Waals surface area contributed by atoms with E-state index in [1.165, 1.54) is 11.1 Å². The minimum absolute atomic E-state index is 0.0144. The molecule has 3 aromatic carbocycles. The number of hydrogen-bond acceptors (Lipinski definition) is 5. The van der Waals surface area contributed by atoms with Crippen molar-refractivity contribution in [2.24, 2.45) is 5.92 Å². The predicted octanol–water partition coefficient (Wildman–Crippen LogP) is 6.52. The number of β-amino-alcohol motifs (C(OH)–C–C–N with tert-alkyl or cyclic N) is 1. The average molecular weight is 580 g/mol. The Morgan fingerprint density at radius 3 is 2.19 bits per heavy atom. The molecule has 1 N–H and O–H groups in total. The highest BCUT2D eigenvalue weighted by Crippen LogP contribution is 2.25.